The van der Waals surface area contributed by atoms with Crippen LogP contribution in [0.3, 0.4) is 0 Å². The summed E-state index contributed by atoms with van der Waals surface area (Å²) in [6, 6.07) is 8.05. The van der Waals surface area contributed by atoms with E-state index in [1.807, 2.05) is 0 Å². The van der Waals surface area contributed by atoms with Crippen molar-refractivity contribution in [3.05, 3.63) is 63.3 Å². The van der Waals surface area contributed by atoms with Crippen LogP contribution in [0.1, 0.15) is 11.1 Å². The Bertz CT molecular complexity index is 1070. The maximum absolute atomic E-state index is 12.4. The Morgan fingerprint density at radius 1 is 1.10 bits per heavy atom. The molecule has 156 valence electrons. The maximum atomic E-state index is 12.4. The number of ether oxygens (including phenoxy) is 4. The van der Waals surface area contributed by atoms with Crippen molar-refractivity contribution in [1.82, 2.24) is 0 Å². The lowest BCUT2D eigenvalue weighted by molar-refractivity contribution is -0.385. The molecule has 2 aromatic carbocycles. The number of nitrogens with zero attached hydrogens (tertiary/aromatic N) is 2. The van der Waals surface area contributed by atoms with Gasteiger partial charge in [0.1, 0.15) is 0 Å². The van der Waals surface area contributed by atoms with Gasteiger partial charge in [-0.25, -0.2) is 9.79 Å². The number of carbonyl (C=O) groups excluding carboxylic acids is 1. The number of nitro benzene ring substituents is 1. The minimum Gasteiger partial charge on any atom is -0.493 e. The molecule has 3 rings (SSSR count). The first-order valence-corrected chi connectivity index (χ1v) is 8.30. The van der Waals surface area contributed by atoms with E-state index in [1.54, 1.807) is 0 Å². The zero-order valence-corrected chi connectivity index (χ0v) is 15.6. The second-order valence-electron chi connectivity index (χ2n) is 5.77. The number of hydrogen-bond acceptors (Lipinski definition) is 8. The van der Waals surface area contributed by atoms with E-state index in [0.717, 1.165) is 0 Å². The molecular formula is C19H14F2N2O7. The van der Waals surface area contributed by atoms with E-state index >= 15 is 0 Å². The Labute approximate surface area is 168 Å². The third-order valence-corrected chi connectivity index (χ3v) is 3.95. The van der Waals surface area contributed by atoms with Crippen molar-refractivity contribution in [1.29, 1.82) is 0 Å². The standard InChI is InChI=1S/C19H14F2N2O7/c1-27-14-6-4-11(9-13(14)23(25)26)17-22-12(18(24)30-17)7-10-3-5-15(29-19(20)21)16(8-10)28-2/h3-9,19H,1-2H3/b12-7+. The highest BCUT2D eigenvalue weighted by Gasteiger charge is 2.27. The SMILES string of the molecule is COc1cc(/C=C2/N=C(c3ccc(OC)c([N+](=O)[O-])c3)OC2=O)ccc1OC(F)F. The highest BCUT2D eigenvalue weighted by Crippen LogP contribution is 2.32. The largest absolute Gasteiger partial charge is 0.493 e. The van der Waals surface area contributed by atoms with Crippen LogP contribution in [0.25, 0.3) is 6.08 Å². The fraction of sp³-hybridized carbons (Fsp3) is 0.158. The fourth-order valence-corrected chi connectivity index (χ4v) is 2.62. The maximum Gasteiger partial charge on any atom is 0.387 e. The van der Waals surface area contributed by atoms with Gasteiger partial charge in [0.2, 0.25) is 5.90 Å². The quantitative estimate of drug-likeness (QED) is 0.292. The number of rotatable bonds is 7. The van der Waals surface area contributed by atoms with Crippen molar-refractivity contribution in [2.45, 2.75) is 6.61 Å². The molecule has 0 bridgehead atoms. The van der Waals surface area contributed by atoms with Gasteiger partial charge >= 0.3 is 18.3 Å². The minimum atomic E-state index is -3.02. The zero-order valence-electron chi connectivity index (χ0n) is 15.6. The van der Waals surface area contributed by atoms with Crippen LogP contribution in [-0.4, -0.2) is 37.6 Å². The second-order valence-corrected chi connectivity index (χ2v) is 5.77. The average molecular weight is 420 g/mol. The van der Waals surface area contributed by atoms with Crippen molar-refractivity contribution >= 4 is 23.6 Å². The molecule has 0 fully saturated rings. The van der Waals surface area contributed by atoms with Gasteiger partial charge in [-0.05, 0) is 35.9 Å². The van der Waals surface area contributed by atoms with E-state index in [9.17, 15) is 23.7 Å². The van der Waals surface area contributed by atoms with Crippen LogP contribution in [0, 0.1) is 10.1 Å². The summed E-state index contributed by atoms with van der Waals surface area (Å²) in [5, 5.41) is 11.2. The lowest BCUT2D eigenvalue weighted by Crippen LogP contribution is -2.06. The number of benzene rings is 2. The summed E-state index contributed by atoms with van der Waals surface area (Å²) in [6.45, 7) is -3.02. The van der Waals surface area contributed by atoms with E-state index in [4.69, 9.17) is 14.2 Å². The molecule has 0 atom stereocenters. The molecule has 0 aromatic heterocycles. The predicted octanol–water partition coefficient (Wildman–Crippen LogP) is 3.56. The summed E-state index contributed by atoms with van der Waals surface area (Å²) < 4.78 is 44.2. The number of alkyl halides is 2. The molecule has 0 unspecified atom stereocenters. The Kier molecular flexibility index (Phi) is 5.90. The van der Waals surface area contributed by atoms with Crippen LogP contribution in [0.15, 0.2) is 47.1 Å². The second kappa shape index (κ2) is 8.55. The molecule has 0 radical (unpaired) electrons. The van der Waals surface area contributed by atoms with Gasteiger partial charge in [-0.15, -0.1) is 0 Å². The Balaban J connectivity index is 1.93. The van der Waals surface area contributed by atoms with Gasteiger partial charge in [-0.1, -0.05) is 6.07 Å². The minimum absolute atomic E-state index is 0.0333. The number of aliphatic imine (C=N–C) groups is 1. The summed E-state index contributed by atoms with van der Waals surface area (Å²) in [5.74, 6) is -0.996. The summed E-state index contributed by atoms with van der Waals surface area (Å²) >= 11 is 0. The molecule has 0 amide bonds. The molecule has 11 heteroatoms. The smallest absolute Gasteiger partial charge is 0.387 e. The molecule has 30 heavy (non-hydrogen) atoms. The van der Waals surface area contributed by atoms with Crippen LogP contribution in [-0.2, 0) is 9.53 Å². The molecule has 0 spiro atoms. The Morgan fingerprint density at radius 2 is 1.80 bits per heavy atom. The van der Waals surface area contributed by atoms with Gasteiger partial charge in [0, 0.05) is 11.6 Å². The third kappa shape index (κ3) is 4.35. The molecule has 9 nitrogen and oxygen atoms in total. The number of cyclic esters (lactones) is 1. The number of nitro groups is 1. The number of methoxy groups -OCH3 is 2. The van der Waals surface area contributed by atoms with Gasteiger partial charge in [-0.2, -0.15) is 8.78 Å². The Hall–Kier alpha value is -4.02. The van der Waals surface area contributed by atoms with Crippen LogP contribution >= 0.6 is 0 Å². The van der Waals surface area contributed by atoms with Gasteiger partial charge in [0.25, 0.3) is 0 Å². The number of carbonyl (C=O) groups is 1. The first-order valence-electron chi connectivity index (χ1n) is 8.30. The summed E-state index contributed by atoms with van der Waals surface area (Å²) in [7, 11) is 2.57. The van der Waals surface area contributed by atoms with Crippen molar-refractivity contribution in [2.75, 3.05) is 14.2 Å². The molecular weight excluding hydrogens is 406 g/mol. The molecule has 1 aliphatic rings. The van der Waals surface area contributed by atoms with Crippen LogP contribution in [0.2, 0.25) is 0 Å². The number of hydrogen-bond donors (Lipinski definition) is 0. The topological polar surface area (TPSA) is 109 Å². The lowest BCUT2D eigenvalue weighted by Gasteiger charge is -2.10. The van der Waals surface area contributed by atoms with E-state index in [-0.39, 0.29) is 40.1 Å². The molecule has 0 aliphatic carbocycles. The normalized spacial score (nSPS) is 14.5. The van der Waals surface area contributed by atoms with E-state index in [1.165, 1.54) is 56.7 Å². The number of esters is 1. The van der Waals surface area contributed by atoms with E-state index in [0.29, 0.717) is 5.56 Å². The molecule has 0 N–H and O–H groups in total. The van der Waals surface area contributed by atoms with Crippen LogP contribution in [0.5, 0.6) is 17.2 Å². The van der Waals surface area contributed by atoms with E-state index < -0.39 is 17.5 Å². The van der Waals surface area contributed by atoms with Gasteiger partial charge in [-0.3, -0.25) is 10.1 Å². The van der Waals surface area contributed by atoms with Crippen molar-refractivity contribution < 1.29 is 37.4 Å². The fourth-order valence-electron chi connectivity index (χ4n) is 2.62. The summed E-state index contributed by atoms with van der Waals surface area (Å²) in [4.78, 5) is 26.8. The third-order valence-electron chi connectivity index (χ3n) is 3.95. The van der Waals surface area contributed by atoms with E-state index in [2.05, 4.69) is 9.73 Å². The van der Waals surface area contributed by atoms with Crippen molar-refractivity contribution in [2.24, 2.45) is 4.99 Å². The highest BCUT2D eigenvalue weighted by molar-refractivity contribution is 6.13. The summed E-state index contributed by atoms with van der Waals surface area (Å²) in [6.07, 6.45) is 1.35. The predicted molar refractivity (Wildman–Crippen MR) is 99.9 cm³/mol. The Morgan fingerprint density at radius 3 is 2.43 bits per heavy atom. The molecule has 1 heterocycles. The molecule has 0 saturated carbocycles. The first kappa shape index (κ1) is 20.7. The van der Waals surface area contributed by atoms with Crippen molar-refractivity contribution in [3.63, 3.8) is 0 Å². The zero-order chi connectivity index (χ0) is 21.8. The summed E-state index contributed by atoms with van der Waals surface area (Å²) in [5.41, 5.74) is 0.210. The van der Waals surface area contributed by atoms with Crippen molar-refractivity contribution in [3.8, 4) is 17.2 Å². The first-order chi connectivity index (χ1) is 14.3. The molecule has 1 aliphatic heterocycles. The molecule has 0 saturated heterocycles. The monoisotopic (exact) mass is 420 g/mol. The lowest BCUT2D eigenvalue weighted by atomic mass is 10.1. The molecule has 2 aromatic rings. The van der Waals surface area contributed by atoms with Crippen LogP contribution < -0.4 is 14.2 Å². The number of halogens is 2. The average Bonchev–Trinajstić information content (AvgIpc) is 3.08. The highest BCUT2D eigenvalue weighted by atomic mass is 19.3. The van der Waals surface area contributed by atoms with Gasteiger partial charge in [0.15, 0.2) is 22.9 Å². The van der Waals surface area contributed by atoms with Crippen LogP contribution in [0.4, 0.5) is 14.5 Å². The van der Waals surface area contributed by atoms with Gasteiger partial charge in [0.05, 0.1) is 19.1 Å². The van der Waals surface area contributed by atoms with Gasteiger partial charge < -0.3 is 18.9 Å².